The smallest absolute Gasteiger partial charge is 0.261 e. The van der Waals surface area contributed by atoms with Gasteiger partial charge in [0.1, 0.15) is 0 Å². The van der Waals surface area contributed by atoms with Crippen LogP contribution in [0.25, 0.3) is 0 Å². The normalized spacial score (nSPS) is 14.9. The molecule has 0 atom stereocenters. The summed E-state index contributed by atoms with van der Waals surface area (Å²) in [4.78, 5) is 12.6. The van der Waals surface area contributed by atoms with Crippen LogP contribution in [0, 0.1) is 5.92 Å². The van der Waals surface area contributed by atoms with Crippen LogP contribution < -0.4 is 15.4 Å². The summed E-state index contributed by atoms with van der Waals surface area (Å²) in [6.07, 6.45) is 1.56. The van der Waals surface area contributed by atoms with Crippen LogP contribution in [0.5, 0.6) is 0 Å². The lowest BCUT2D eigenvalue weighted by molar-refractivity contribution is -0.120. The van der Waals surface area contributed by atoms with E-state index < -0.39 is 10.0 Å². The molecule has 140 valence electrons. The second-order valence-electron chi connectivity index (χ2n) is 5.98. The number of amides is 1. The number of benzene rings is 2. The Kier molecular flexibility index (Phi) is 7.02. The Labute approximate surface area is 159 Å². The minimum Gasteiger partial charge on any atom is -0.324 e. The van der Waals surface area contributed by atoms with E-state index in [1.807, 2.05) is 0 Å². The van der Waals surface area contributed by atoms with Crippen LogP contribution in [0.4, 0.5) is 11.4 Å². The standard InChI is InChI=1S/C18H21N3O3S.ClH/c22-18(14-10-12-19-13-11-14)20-16-8-4-5-9-17(16)21-25(23,24)15-6-2-1-3-7-15;/h1-9,14,19,21H,10-13H2,(H,20,22);1H. The van der Waals surface area contributed by atoms with E-state index >= 15 is 0 Å². The molecule has 3 N–H and O–H groups in total. The highest BCUT2D eigenvalue weighted by Crippen LogP contribution is 2.25. The summed E-state index contributed by atoms with van der Waals surface area (Å²) < 4.78 is 27.6. The van der Waals surface area contributed by atoms with Gasteiger partial charge in [-0.25, -0.2) is 8.42 Å². The highest BCUT2D eigenvalue weighted by Gasteiger charge is 2.22. The van der Waals surface area contributed by atoms with Crippen molar-refractivity contribution < 1.29 is 13.2 Å². The second-order valence-corrected chi connectivity index (χ2v) is 7.66. The van der Waals surface area contributed by atoms with Gasteiger partial charge in [-0.05, 0) is 50.2 Å². The molecule has 0 aromatic heterocycles. The highest BCUT2D eigenvalue weighted by molar-refractivity contribution is 7.92. The molecule has 8 heteroatoms. The average Bonchev–Trinajstić information content (AvgIpc) is 2.64. The van der Waals surface area contributed by atoms with E-state index in [0.29, 0.717) is 11.4 Å². The first-order valence-corrected chi connectivity index (χ1v) is 9.73. The number of sulfonamides is 1. The summed E-state index contributed by atoms with van der Waals surface area (Å²) in [5, 5.41) is 6.08. The van der Waals surface area contributed by atoms with Gasteiger partial charge >= 0.3 is 0 Å². The predicted molar refractivity (Wildman–Crippen MR) is 105 cm³/mol. The summed E-state index contributed by atoms with van der Waals surface area (Å²) in [6.45, 7) is 1.64. The largest absolute Gasteiger partial charge is 0.324 e. The Morgan fingerprint density at radius 1 is 0.923 bits per heavy atom. The van der Waals surface area contributed by atoms with Crippen LogP contribution in [0.1, 0.15) is 12.8 Å². The van der Waals surface area contributed by atoms with Gasteiger partial charge in [0, 0.05) is 5.92 Å². The summed E-state index contributed by atoms with van der Waals surface area (Å²) in [6, 6.07) is 15.0. The highest BCUT2D eigenvalue weighted by atomic mass is 35.5. The fourth-order valence-corrected chi connectivity index (χ4v) is 3.90. The number of halogens is 1. The molecule has 0 unspecified atom stereocenters. The number of carbonyl (C=O) groups is 1. The van der Waals surface area contributed by atoms with Gasteiger partial charge in [-0.2, -0.15) is 0 Å². The van der Waals surface area contributed by atoms with Crippen LogP contribution in [0.15, 0.2) is 59.5 Å². The van der Waals surface area contributed by atoms with Gasteiger partial charge in [-0.3, -0.25) is 9.52 Å². The number of hydrogen-bond acceptors (Lipinski definition) is 4. The van der Waals surface area contributed by atoms with E-state index in [-0.39, 0.29) is 29.1 Å². The van der Waals surface area contributed by atoms with E-state index in [1.54, 1.807) is 42.5 Å². The Balaban J connectivity index is 0.00000243. The molecule has 3 rings (SSSR count). The Morgan fingerprint density at radius 3 is 2.15 bits per heavy atom. The van der Waals surface area contributed by atoms with E-state index in [4.69, 9.17) is 0 Å². The SMILES string of the molecule is Cl.O=C(Nc1ccccc1NS(=O)(=O)c1ccccc1)C1CCNCC1. The molecule has 1 aliphatic rings. The molecule has 0 bridgehead atoms. The summed E-state index contributed by atoms with van der Waals surface area (Å²) in [7, 11) is -3.71. The fourth-order valence-electron chi connectivity index (χ4n) is 2.80. The van der Waals surface area contributed by atoms with E-state index in [0.717, 1.165) is 25.9 Å². The first kappa shape index (κ1) is 20.2. The van der Waals surface area contributed by atoms with Crippen molar-refractivity contribution in [2.45, 2.75) is 17.7 Å². The van der Waals surface area contributed by atoms with Crippen molar-refractivity contribution >= 4 is 39.7 Å². The van der Waals surface area contributed by atoms with Crippen LogP contribution in [0.2, 0.25) is 0 Å². The van der Waals surface area contributed by atoms with Gasteiger partial charge in [-0.15, -0.1) is 12.4 Å². The average molecular weight is 396 g/mol. The number of para-hydroxylation sites is 2. The number of carbonyl (C=O) groups excluding carboxylic acids is 1. The molecule has 2 aromatic carbocycles. The van der Waals surface area contributed by atoms with Gasteiger partial charge in [0.2, 0.25) is 5.91 Å². The lowest BCUT2D eigenvalue weighted by Gasteiger charge is -2.22. The molecular weight excluding hydrogens is 374 g/mol. The minimum absolute atomic E-state index is 0. The molecule has 1 fully saturated rings. The Morgan fingerprint density at radius 2 is 1.50 bits per heavy atom. The van der Waals surface area contributed by atoms with Crippen molar-refractivity contribution in [3.63, 3.8) is 0 Å². The Bertz CT molecular complexity index is 838. The van der Waals surface area contributed by atoms with Crippen LogP contribution >= 0.6 is 12.4 Å². The van der Waals surface area contributed by atoms with Gasteiger partial charge < -0.3 is 10.6 Å². The quantitative estimate of drug-likeness (QED) is 0.726. The predicted octanol–water partition coefficient (Wildman–Crippen LogP) is 2.85. The molecule has 0 radical (unpaired) electrons. The number of hydrogen-bond donors (Lipinski definition) is 3. The maximum Gasteiger partial charge on any atom is 0.261 e. The minimum atomic E-state index is -3.71. The van der Waals surface area contributed by atoms with Crippen molar-refractivity contribution in [1.82, 2.24) is 5.32 Å². The molecule has 6 nitrogen and oxygen atoms in total. The van der Waals surface area contributed by atoms with E-state index in [1.165, 1.54) is 12.1 Å². The number of rotatable bonds is 5. The van der Waals surface area contributed by atoms with Crippen molar-refractivity contribution in [2.75, 3.05) is 23.1 Å². The molecule has 2 aromatic rings. The molecule has 1 heterocycles. The lowest BCUT2D eigenvalue weighted by atomic mass is 9.97. The van der Waals surface area contributed by atoms with Crippen molar-refractivity contribution in [3.8, 4) is 0 Å². The number of nitrogens with one attached hydrogen (secondary N) is 3. The van der Waals surface area contributed by atoms with Gasteiger partial charge in [0.25, 0.3) is 10.0 Å². The third kappa shape index (κ3) is 4.97. The third-order valence-electron chi connectivity index (χ3n) is 4.19. The van der Waals surface area contributed by atoms with Crippen LogP contribution in [0.3, 0.4) is 0 Å². The van der Waals surface area contributed by atoms with E-state index in [9.17, 15) is 13.2 Å². The first-order chi connectivity index (χ1) is 12.1. The van der Waals surface area contributed by atoms with Crippen LogP contribution in [-0.2, 0) is 14.8 Å². The molecule has 0 aliphatic carbocycles. The van der Waals surface area contributed by atoms with Crippen molar-refractivity contribution in [1.29, 1.82) is 0 Å². The maximum absolute atomic E-state index is 12.5. The van der Waals surface area contributed by atoms with Gasteiger partial charge in [0.15, 0.2) is 0 Å². The molecule has 26 heavy (non-hydrogen) atoms. The van der Waals surface area contributed by atoms with Gasteiger partial charge in [-0.1, -0.05) is 30.3 Å². The lowest BCUT2D eigenvalue weighted by Crippen LogP contribution is -2.34. The van der Waals surface area contributed by atoms with Crippen molar-refractivity contribution in [3.05, 3.63) is 54.6 Å². The third-order valence-corrected chi connectivity index (χ3v) is 5.57. The molecule has 1 aliphatic heterocycles. The molecule has 1 amide bonds. The molecule has 0 saturated carbocycles. The van der Waals surface area contributed by atoms with Crippen molar-refractivity contribution in [2.24, 2.45) is 5.92 Å². The Hall–Kier alpha value is -2.09. The number of piperidine rings is 1. The maximum atomic E-state index is 12.5. The summed E-state index contributed by atoms with van der Waals surface area (Å²) in [5.41, 5.74) is 0.819. The molecule has 1 saturated heterocycles. The monoisotopic (exact) mass is 395 g/mol. The van der Waals surface area contributed by atoms with Gasteiger partial charge in [0.05, 0.1) is 16.3 Å². The van der Waals surface area contributed by atoms with Crippen LogP contribution in [-0.4, -0.2) is 27.4 Å². The topological polar surface area (TPSA) is 87.3 Å². The zero-order chi connectivity index (χ0) is 17.7. The second kappa shape index (κ2) is 9.02. The summed E-state index contributed by atoms with van der Waals surface area (Å²) >= 11 is 0. The van der Waals surface area contributed by atoms with E-state index in [2.05, 4.69) is 15.4 Å². The zero-order valence-corrected chi connectivity index (χ0v) is 15.8. The molecule has 0 spiro atoms. The zero-order valence-electron chi connectivity index (χ0n) is 14.1. The fraction of sp³-hybridized carbons (Fsp3) is 0.278. The summed E-state index contributed by atoms with van der Waals surface area (Å²) in [5.74, 6) is -0.132. The number of anilines is 2. The first-order valence-electron chi connectivity index (χ1n) is 8.25. The molecular formula is C18H22ClN3O3S.